The molecule has 2 aromatic rings. The Kier molecular flexibility index (Phi) is 5.54. The zero-order valence-electron chi connectivity index (χ0n) is 11.7. The maximum Gasteiger partial charge on any atom is 0.146 e. The fourth-order valence-electron chi connectivity index (χ4n) is 2.19. The van der Waals surface area contributed by atoms with E-state index in [0.29, 0.717) is 12.2 Å². The molecule has 0 fully saturated rings. The summed E-state index contributed by atoms with van der Waals surface area (Å²) in [5.74, 6) is 0.291. The second kappa shape index (κ2) is 7.39. The van der Waals surface area contributed by atoms with Crippen molar-refractivity contribution in [3.8, 4) is 11.1 Å². The lowest BCUT2D eigenvalue weighted by molar-refractivity contribution is -0.118. The summed E-state index contributed by atoms with van der Waals surface area (Å²) in [5, 5.41) is 0. The van der Waals surface area contributed by atoms with Gasteiger partial charge in [0.05, 0.1) is 4.83 Å². The van der Waals surface area contributed by atoms with Gasteiger partial charge in [-0.05, 0) is 29.5 Å². The molecular formula is C18H19BrO. The minimum atomic E-state index is -0.0648. The second-order valence-electron chi connectivity index (χ2n) is 4.95. The van der Waals surface area contributed by atoms with Gasteiger partial charge in [-0.15, -0.1) is 0 Å². The van der Waals surface area contributed by atoms with Gasteiger partial charge in [0.1, 0.15) is 5.78 Å². The van der Waals surface area contributed by atoms with Gasteiger partial charge in [0, 0.05) is 6.42 Å². The fourth-order valence-corrected chi connectivity index (χ4v) is 2.79. The molecule has 2 rings (SSSR count). The van der Waals surface area contributed by atoms with Gasteiger partial charge < -0.3 is 0 Å². The van der Waals surface area contributed by atoms with Crippen LogP contribution in [0.4, 0.5) is 0 Å². The summed E-state index contributed by atoms with van der Waals surface area (Å²) in [5.41, 5.74) is 3.62. The Morgan fingerprint density at radius 3 is 2.20 bits per heavy atom. The number of rotatable bonds is 6. The summed E-state index contributed by atoms with van der Waals surface area (Å²) >= 11 is 3.49. The molecule has 0 aromatic heterocycles. The first-order valence-electron chi connectivity index (χ1n) is 7.02. The molecule has 0 radical (unpaired) electrons. The molecule has 0 N–H and O–H groups in total. The van der Waals surface area contributed by atoms with Crippen molar-refractivity contribution in [1.29, 1.82) is 0 Å². The van der Waals surface area contributed by atoms with Crippen molar-refractivity contribution in [2.45, 2.75) is 31.0 Å². The number of alkyl halides is 1. The first kappa shape index (κ1) is 15.0. The van der Waals surface area contributed by atoms with Crippen LogP contribution >= 0.6 is 15.9 Å². The number of benzene rings is 2. The molecule has 1 nitrogen and oxygen atoms in total. The van der Waals surface area contributed by atoms with Crippen LogP contribution in [0.1, 0.15) is 25.3 Å². The van der Waals surface area contributed by atoms with E-state index in [-0.39, 0.29) is 4.83 Å². The van der Waals surface area contributed by atoms with Gasteiger partial charge in [-0.2, -0.15) is 0 Å². The largest absolute Gasteiger partial charge is 0.298 e. The van der Waals surface area contributed by atoms with E-state index < -0.39 is 0 Å². The molecule has 0 heterocycles. The molecular weight excluding hydrogens is 312 g/mol. The smallest absolute Gasteiger partial charge is 0.146 e. The zero-order chi connectivity index (χ0) is 14.4. The molecule has 0 aliphatic rings. The van der Waals surface area contributed by atoms with Gasteiger partial charge in [0.2, 0.25) is 0 Å². The monoisotopic (exact) mass is 330 g/mol. The van der Waals surface area contributed by atoms with Crippen LogP contribution in [0.25, 0.3) is 11.1 Å². The van der Waals surface area contributed by atoms with E-state index >= 15 is 0 Å². The molecule has 1 atom stereocenters. The van der Waals surface area contributed by atoms with Crippen LogP contribution in [-0.4, -0.2) is 10.6 Å². The highest BCUT2D eigenvalue weighted by atomic mass is 79.9. The van der Waals surface area contributed by atoms with Crippen LogP contribution in [0.3, 0.4) is 0 Å². The average molecular weight is 331 g/mol. The van der Waals surface area contributed by atoms with Crippen LogP contribution in [0.5, 0.6) is 0 Å². The summed E-state index contributed by atoms with van der Waals surface area (Å²) < 4.78 is 0. The van der Waals surface area contributed by atoms with E-state index in [1.807, 2.05) is 25.1 Å². The van der Waals surface area contributed by atoms with Crippen LogP contribution in [0, 0.1) is 0 Å². The zero-order valence-corrected chi connectivity index (χ0v) is 13.3. The molecule has 1 unspecified atom stereocenters. The topological polar surface area (TPSA) is 17.1 Å². The molecule has 0 spiro atoms. The molecule has 0 bridgehead atoms. The molecule has 0 amide bonds. The number of carbonyl (C=O) groups excluding carboxylic acids is 1. The summed E-state index contributed by atoms with van der Waals surface area (Å²) in [6.45, 7) is 2.03. The lowest BCUT2D eigenvalue weighted by atomic mass is 10.0. The van der Waals surface area contributed by atoms with E-state index in [0.717, 1.165) is 12.8 Å². The number of halogens is 1. The van der Waals surface area contributed by atoms with E-state index in [1.54, 1.807) is 0 Å². The lowest BCUT2D eigenvalue weighted by Crippen LogP contribution is -2.16. The molecule has 0 saturated heterocycles. The molecule has 2 heteroatoms. The summed E-state index contributed by atoms with van der Waals surface area (Å²) in [7, 11) is 0. The van der Waals surface area contributed by atoms with Crippen molar-refractivity contribution in [3.63, 3.8) is 0 Å². The lowest BCUT2D eigenvalue weighted by Gasteiger charge is -2.09. The molecule has 0 aliphatic carbocycles. The highest BCUT2D eigenvalue weighted by Gasteiger charge is 2.14. The van der Waals surface area contributed by atoms with Crippen molar-refractivity contribution in [2.75, 3.05) is 0 Å². The second-order valence-corrected chi connectivity index (χ2v) is 6.06. The number of ketones is 1. The van der Waals surface area contributed by atoms with Gasteiger partial charge in [-0.25, -0.2) is 0 Å². The number of hydrogen-bond acceptors (Lipinski definition) is 1. The van der Waals surface area contributed by atoms with Crippen molar-refractivity contribution in [2.24, 2.45) is 0 Å². The summed E-state index contributed by atoms with van der Waals surface area (Å²) in [6, 6.07) is 18.8. The third kappa shape index (κ3) is 4.04. The van der Waals surface area contributed by atoms with Gasteiger partial charge in [0.15, 0.2) is 0 Å². The highest BCUT2D eigenvalue weighted by Crippen LogP contribution is 2.21. The molecule has 20 heavy (non-hydrogen) atoms. The van der Waals surface area contributed by atoms with Gasteiger partial charge in [0.25, 0.3) is 0 Å². The Morgan fingerprint density at radius 1 is 1.00 bits per heavy atom. The normalized spacial score (nSPS) is 12.1. The average Bonchev–Trinajstić information content (AvgIpc) is 2.49. The summed E-state index contributed by atoms with van der Waals surface area (Å²) in [6.07, 6.45) is 2.32. The number of hydrogen-bond donors (Lipinski definition) is 0. The fraction of sp³-hybridized carbons (Fsp3) is 0.278. The van der Waals surface area contributed by atoms with Crippen LogP contribution < -0.4 is 0 Å². The quantitative estimate of drug-likeness (QED) is 0.679. The Labute approximate surface area is 129 Å². The standard InChI is InChI=1S/C18H19BrO/c1-2-6-18(20)17(19)13-14-9-11-16(12-10-14)15-7-4-3-5-8-15/h3-5,7-12,17H,2,6,13H2,1H3. The Morgan fingerprint density at radius 2 is 1.60 bits per heavy atom. The Bertz CT molecular complexity index is 545. The van der Waals surface area contributed by atoms with Crippen molar-refractivity contribution >= 4 is 21.7 Å². The van der Waals surface area contributed by atoms with Crippen molar-refractivity contribution in [1.82, 2.24) is 0 Å². The molecule has 0 saturated carbocycles. The third-order valence-corrected chi connectivity index (χ3v) is 4.16. The number of Topliss-reactive ketones (excluding diaryl/α,β-unsaturated/α-hetero) is 1. The predicted molar refractivity (Wildman–Crippen MR) is 88.2 cm³/mol. The summed E-state index contributed by atoms with van der Waals surface area (Å²) in [4.78, 5) is 11.7. The maximum atomic E-state index is 11.8. The van der Waals surface area contributed by atoms with Gasteiger partial charge in [-0.3, -0.25) is 4.79 Å². The maximum absolute atomic E-state index is 11.8. The third-order valence-electron chi connectivity index (χ3n) is 3.32. The van der Waals surface area contributed by atoms with E-state index in [9.17, 15) is 4.79 Å². The predicted octanol–water partition coefficient (Wildman–Crippen LogP) is 5.03. The van der Waals surface area contributed by atoms with E-state index in [2.05, 4.69) is 52.3 Å². The Balaban J connectivity index is 2.04. The highest BCUT2D eigenvalue weighted by molar-refractivity contribution is 9.10. The molecule has 0 aliphatic heterocycles. The SMILES string of the molecule is CCCC(=O)C(Br)Cc1ccc(-c2ccccc2)cc1. The first-order valence-corrected chi connectivity index (χ1v) is 7.93. The van der Waals surface area contributed by atoms with E-state index in [4.69, 9.17) is 0 Å². The molecule has 2 aromatic carbocycles. The van der Waals surface area contributed by atoms with Crippen molar-refractivity contribution in [3.05, 3.63) is 60.2 Å². The van der Waals surface area contributed by atoms with Crippen LogP contribution in [0.2, 0.25) is 0 Å². The molecule has 104 valence electrons. The minimum Gasteiger partial charge on any atom is -0.298 e. The minimum absolute atomic E-state index is 0.0648. The Hall–Kier alpha value is -1.41. The number of carbonyl (C=O) groups is 1. The van der Waals surface area contributed by atoms with Gasteiger partial charge in [-0.1, -0.05) is 77.5 Å². The van der Waals surface area contributed by atoms with E-state index in [1.165, 1.54) is 16.7 Å². The van der Waals surface area contributed by atoms with Crippen molar-refractivity contribution < 1.29 is 4.79 Å². The van der Waals surface area contributed by atoms with Gasteiger partial charge >= 0.3 is 0 Å². The van der Waals surface area contributed by atoms with Crippen LogP contribution in [0.15, 0.2) is 54.6 Å². The van der Waals surface area contributed by atoms with Crippen LogP contribution in [-0.2, 0) is 11.2 Å². The first-order chi connectivity index (χ1) is 9.70.